The third-order valence-electron chi connectivity index (χ3n) is 3.99. The van der Waals surface area contributed by atoms with Crippen LogP contribution in [0.2, 0.25) is 0 Å². The monoisotopic (exact) mass is 311 g/mol. The van der Waals surface area contributed by atoms with Gasteiger partial charge in [-0.15, -0.1) is 0 Å². The molecule has 21 heavy (non-hydrogen) atoms. The number of hydrogen-bond donors (Lipinski definition) is 1. The molecular formula is C14H24F3NO3. The fraction of sp³-hybridized carbons (Fsp3) is 0.929. The van der Waals surface area contributed by atoms with Crippen LogP contribution in [-0.2, 0) is 9.53 Å². The highest BCUT2D eigenvalue weighted by molar-refractivity contribution is 5.75. The molecule has 0 saturated carbocycles. The molecule has 1 heterocycles. The Balaban J connectivity index is 2.40. The Bertz CT molecular complexity index is 328. The van der Waals surface area contributed by atoms with E-state index in [1.807, 2.05) is 11.8 Å². The zero-order valence-corrected chi connectivity index (χ0v) is 12.5. The lowest BCUT2D eigenvalue weighted by Crippen LogP contribution is -2.48. The predicted octanol–water partition coefficient (Wildman–Crippen LogP) is 2.35. The smallest absolute Gasteiger partial charge is 0.414 e. The summed E-state index contributed by atoms with van der Waals surface area (Å²) in [5.41, 5.74) is 0. The van der Waals surface area contributed by atoms with Gasteiger partial charge in [-0.3, -0.25) is 9.69 Å². The molecule has 1 aliphatic rings. The van der Waals surface area contributed by atoms with E-state index in [1.165, 1.54) is 0 Å². The van der Waals surface area contributed by atoms with Crippen molar-refractivity contribution in [2.45, 2.75) is 57.9 Å². The first-order chi connectivity index (χ1) is 9.77. The molecule has 7 heteroatoms. The molecule has 0 aliphatic carbocycles. The number of nitrogens with zero attached hydrogens (tertiary/aromatic N) is 1. The number of ether oxygens (including phenoxy) is 1. The minimum absolute atomic E-state index is 0.229. The summed E-state index contributed by atoms with van der Waals surface area (Å²) in [5.74, 6) is -1.12. The number of alkyl halides is 3. The SMILES string of the molecule is CCCCOC(=O)C(C)N1CCC(C(O)C(F)(F)F)CC1. The number of hydrogen-bond acceptors (Lipinski definition) is 4. The van der Waals surface area contributed by atoms with Crippen LogP contribution in [0.3, 0.4) is 0 Å². The summed E-state index contributed by atoms with van der Waals surface area (Å²) in [7, 11) is 0. The van der Waals surface area contributed by atoms with E-state index in [0.29, 0.717) is 19.7 Å². The van der Waals surface area contributed by atoms with Gasteiger partial charge >= 0.3 is 12.1 Å². The summed E-state index contributed by atoms with van der Waals surface area (Å²) in [6.07, 6.45) is -4.65. The molecule has 124 valence electrons. The predicted molar refractivity (Wildman–Crippen MR) is 71.7 cm³/mol. The molecule has 0 aromatic heterocycles. The zero-order chi connectivity index (χ0) is 16.0. The molecule has 1 saturated heterocycles. The minimum atomic E-state index is -4.57. The molecule has 0 amide bonds. The van der Waals surface area contributed by atoms with Gasteiger partial charge in [0.05, 0.1) is 6.61 Å². The van der Waals surface area contributed by atoms with Crippen LogP contribution >= 0.6 is 0 Å². The van der Waals surface area contributed by atoms with Crippen LogP contribution < -0.4 is 0 Å². The van der Waals surface area contributed by atoms with Gasteiger partial charge < -0.3 is 9.84 Å². The maximum absolute atomic E-state index is 12.5. The summed E-state index contributed by atoms with van der Waals surface area (Å²) >= 11 is 0. The maximum Gasteiger partial charge on any atom is 0.414 e. The summed E-state index contributed by atoms with van der Waals surface area (Å²) in [5, 5.41) is 9.25. The van der Waals surface area contributed by atoms with Crippen molar-refractivity contribution in [2.75, 3.05) is 19.7 Å². The summed E-state index contributed by atoms with van der Waals surface area (Å²) in [4.78, 5) is 13.6. The highest BCUT2D eigenvalue weighted by Crippen LogP contribution is 2.32. The first-order valence-electron chi connectivity index (χ1n) is 7.42. The molecule has 2 unspecified atom stereocenters. The Kier molecular flexibility index (Phi) is 6.93. The Morgan fingerprint density at radius 3 is 2.43 bits per heavy atom. The molecule has 0 aromatic carbocycles. The van der Waals surface area contributed by atoms with E-state index in [4.69, 9.17) is 4.74 Å². The number of rotatable bonds is 6. The number of esters is 1. The molecule has 0 aromatic rings. The minimum Gasteiger partial charge on any atom is -0.465 e. The van der Waals surface area contributed by atoms with E-state index in [0.717, 1.165) is 12.8 Å². The van der Waals surface area contributed by atoms with E-state index >= 15 is 0 Å². The second-order valence-electron chi connectivity index (χ2n) is 5.56. The van der Waals surface area contributed by atoms with Gasteiger partial charge in [-0.05, 0) is 45.2 Å². The molecule has 1 fully saturated rings. The third-order valence-corrected chi connectivity index (χ3v) is 3.99. The maximum atomic E-state index is 12.5. The fourth-order valence-corrected chi connectivity index (χ4v) is 2.48. The van der Waals surface area contributed by atoms with Gasteiger partial charge in [0.2, 0.25) is 0 Å². The number of carbonyl (C=O) groups is 1. The van der Waals surface area contributed by atoms with Gasteiger partial charge in [0.15, 0.2) is 6.10 Å². The summed E-state index contributed by atoms with van der Waals surface area (Å²) < 4.78 is 42.5. The number of likely N-dealkylation sites (tertiary alicyclic amines) is 1. The van der Waals surface area contributed by atoms with Crippen molar-refractivity contribution < 1.29 is 27.8 Å². The van der Waals surface area contributed by atoms with E-state index in [-0.39, 0.29) is 18.8 Å². The van der Waals surface area contributed by atoms with Crippen LogP contribution in [0.5, 0.6) is 0 Å². The lowest BCUT2D eigenvalue weighted by molar-refractivity contribution is -0.223. The molecule has 1 aliphatic heterocycles. The molecule has 0 spiro atoms. The average Bonchev–Trinajstić information content (AvgIpc) is 2.45. The van der Waals surface area contributed by atoms with Gasteiger partial charge in [-0.25, -0.2) is 0 Å². The van der Waals surface area contributed by atoms with Crippen molar-refractivity contribution in [3.05, 3.63) is 0 Å². The Morgan fingerprint density at radius 1 is 1.38 bits per heavy atom. The van der Waals surface area contributed by atoms with Gasteiger partial charge in [-0.2, -0.15) is 13.2 Å². The van der Waals surface area contributed by atoms with Crippen molar-refractivity contribution in [2.24, 2.45) is 5.92 Å². The second kappa shape index (κ2) is 7.98. The quantitative estimate of drug-likeness (QED) is 0.604. The van der Waals surface area contributed by atoms with E-state index in [1.54, 1.807) is 6.92 Å². The van der Waals surface area contributed by atoms with E-state index in [2.05, 4.69) is 0 Å². The molecule has 0 radical (unpaired) electrons. The van der Waals surface area contributed by atoms with Crippen LogP contribution in [0.15, 0.2) is 0 Å². The van der Waals surface area contributed by atoms with Crippen molar-refractivity contribution in [3.63, 3.8) is 0 Å². The van der Waals surface area contributed by atoms with Gasteiger partial charge in [0.25, 0.3) is 0 Å². The number of halogens is 3. The summed E-state index contributed by atoms with van der Waals surface area (Å²) in [6, 6.07) is -0.453. The average molecular weight is 311 g/mol. The van der Waals surface area contributed by atoms with E-state index < -0.39 is 24.2 Å². The van der Waals surface area contributed by atoms with Crippen LogP contribution in [-0.4, -0.2) is 54.0 Å². The third kappa shape index (κ3) is 5.47. The standard InChI is InChI=1S/C14H24F3NO3/c1-3-4-9-21-13(20)10(2)18-7-5-11(6-8-18)12(19)14(15,16)17/h10-12,19H,3-9H2,1-2H3. The molecule has 2 atom stereocenters. The van der Waals surface area contributed by atoms with Crippen molar-refractivity contribution in [1.29, 1.82) is 0 Å². The van der Waals surface area contributed by atoms with Crippen molar-refractivity contribution in [1.82, 2.24) is 4.90 Å². The van der Waals surface area contributed by atoms with Crippen LogP contribution in [0.25, 0.3) is 0 Å². The number of unbranched alkanes of at least 4 members (excludes halogenated alkanes) is 1. The number of piperidine rings is 1. The van der Waals surface area contributed by atoms with E-state index in [9.17, 15) is 23.1 Å². The number of aliphatic hydroxyl groups excluding tert-OH is 1. The molecule has 1 N–H and O–H groups in total. The largest absolute Gasteiger partial charge is 0.465 e. The normalized spacial score (nSPS) is 21.0. The van der Waals surface area contributed by atoms with Gasteiger partial charge in [-0.1, -0.05) is 13.3 Å². The Hall–Kier alpha value is -0.820. The lowest BCUT2D eigenvalue weighted by atomic mass is 9.90. The number of aliphatic hydroxyl groups is 1. The lowest BCUT2D eigenvalue weighted by Gasteiger charge is -2.36. The fourth-order valence-electron chi connectivity index (χ4n) is 2.48. The number of carbonyl (C=O) groups excluding carboxylic acids is 1. The highest BCUT2D eigenvalue weighted by atomic mass is 19.4. The zero-order valence-electron chi connectivity index (χ0n) is 12.5. The second-order valence-corrected chi connectivity index (χ2v) is 5.56. The molecule has 0 bridgehead atoms. The van der Waals surface area contributed by atoms with Crippen LogP contribution in [0, 0.1) is 5.92 Å². The Labute approximate surface area is 123 Å². The van der Waals surface area contributed by atoms with Crippen molar-refractivity contribution in [3.8, 4) is 0 Å². The topological polar surface area (TPSA) is 49.8 Å². The van der Waals surface area contributed by atoms with Gasteiger partial charge in [0.1, 0.15) is 6.04 Å². The van der Waals surface area contributed by atoms with Crippen LogP contribution in [0.4, 0.5) is 13.2 Å². The van der Waals surface area contributed by atoms with Crippen molar-refractivity contribution >= 4 is 5.97 Å². The summed E-state index contributed by atoms with van der Waals surface area (Å²) in [6.45, 7) is 4.80. The Morgan fingerprint density at radius 2 is 1.95 bits per heavy atom. The highest BCUT2D eigenvalue weighted by Gasteiger charge is 2.44. The van der Waals surface area contributed by atoms with Crippen LogP contribution in [0.1, 0.15) is 39.5 Å². The first-order valence-corrected chi connectivity index (χ1v) is 7.42. The molecular weight excluding hydrogens is 287 g/mol. The molecule has 4 nitrogen and oxygen atoms in total. The van der Waals surface area contributed by atoms with Gasteiger partial charge in [0, 0.05) is 0 Å². The molecule has 1 rings (SSSR count). The first kappa shape index (κ1) is 18.2.